The number of pyridine rings is 1. The molecule has 1 unspecified atom stereocenters. The number of aromatic nitrogens is 1. The lowest BCUT2D eigenvalue weighted by Crippen LogP contribution is -2.33. The van der Waals surface area contributed by atoms with Crippen LogP contribution in [-0.2, 0) is 0 Å². The van der Waals surface area contributed by atoms with Crippen LogP contribution in [-0.4, -0.2) is 51.7 Å². The van der Waals surface area contributed by atoms with E-state index in [-0.39, 0.29) is 12.5 Å². The second-order valence-electron chi connectivity index (χ2n) is 4.52. The normalized spacial score (nSPS) is 17.7. The Morgan fingerprint density at radius 2 is 2.38 bits per heavy atom. The largest absolute Gasteiger partial charge is 0.395 e. The van der Waals surface area contributed by atoms with Gasteiger partial charge in [0.1, 0.15) is 0 Å². The lowest BCUT2D eigenvalue weighted by molar-refractivity contribution is 0.0954. The molecule has 2 rings (SSSR count). The number of nitrogens with zero attached hydrogens (tertiary/aromatic N) is 1. The number of thioether (sulfide) groups is 2. The average Bonchev–Trinajstić information content (AvgIpc) is 2.54. The molecule has 4 nitrogen and oxygen atoms in total. The van der Waals surface area contributed by atoms with Gasteiger partial charge in [-0.25, -0.2) is 0 Å². The fraction of sp³-hybridized carbons (Fsp3) is 0.467. The molecule has 1 aliphatic rings. The molecule has 1 aromatic rings. The molecule has 1 aliphatic heterocycles. The maximum absolute atomic E-state index is 12.1. The molecular weight excluding hydrogens is 304 g/mol. The maximum Gasteiger partial charge on any atom is 0.252 e. The van der Waals surface area contributed by atoms with Gasteiger partial charge in [0.05, 0.1) is 12.2 Å². The Bertz CT molecular complexity index is 534. The SMILES string of the molecule is O=C(NCC1CSCCS1)c1cncc(C#CCCO)c1. The topological polar surface area (TPSA) is 62.2 Å². The molecule has 1 amide bonds. The van der Waals surface area contributed by atoms with Crippen LogP contribution in [0.4, 0.5) is 0 Å². The Balaban J connectivity index is 1.89. The maximum atomic E-state index is 12.1. The van der Waals surface area contributed by atoms with Gasteiger partial charge in [-0.15, -0.1) is 0 Å². The van der Waals surface area contributed by atoms with Gasteiger partial charge in [-0.3, -0.25) is 9.78 Å². The van der Waals surface area contributed by atoms with Crippen molar-refractivity contribution in [3.05, 3.63) is 29.6 Å². The van der Waals surface area contributed by atoms with Crippen LogP contribution >= 0.6 is 23.5 Å². The van der Waals surface area contributed by atoms with Gasteiger partial charge < -0.3 is 10.4 Å². The first-order valence-corrected chi connectivity index (χ1v) is 9.02. The van der Waals surface area contributed by atoms with Crippen LogP contribution in [0.3, 0.4) is 0 Å². The summed E-state index contributed by atoms with van der Waals surface area (Å²) >= 11 is 3.86. The van der Waals surface area contributed by atoms with Gasteiger partial charge in [0, 0.05) is 53.4 Å². The monoisotopic (exact) mass is 322 g/mol. The fourth-order valence-electron chi connectivity index (χ4n) is 1.82. The second kappa shape index (κ2) is 8.98. The van der Waals surface area contributed by atoms with Gasteiger partial charge in [-0.05, 0) is 6.07 Å². The van der Waals surface area contributed by atoms with Crippen molar-refractivity contribution in [2.75, 3.05) is 30.4 Å². The first kappa shape index (κ1) is 16.2. The molecule has 21 heavy (non-hydrogen) atoms. The van der Waals surface area contributed by atoms with Crippen LogP contribution in [0.5, 0.6) is 0 Å². The number of carbonyl (C=O) groups excluding carboxylic acids is 1. The molecule has 0 radical (unpaired) electrons. The van der Waals surface area contributed by atoms with Gasteiger partial charge in [-0.1, -0.05) is 11.8 Å². The van der Waals surface area contributed by atoms with Crippen molar-refractivity contribution < 1.29 is 9.90 Å². The standard InChI is InChI=1S/C15H18N2O2S2/c18-4-2-1-3-12-7-13(9-16-8-12)15(19)17-10-14-11-20-5-6-21-14/h7-9,14,18H,2,4-6,10-11H2,(H,17,19). The molecule has 1 fully saturated rings. The second-order valence-corrected chi connectivity index (χ2v) is 7.07. The first-order valence-electron chi connectivity index (χ1n) is 6.82. The molecule has 0 aliphatic carbocycles. The van der Waals surface area contributed by atoms with Crippen molar-refractivity contribution in [1.82, 2.24) is 10.3 Å². The highest BCUT2D eigenvalue weighted by atomic mass is 32.2. The molecule has 0 spiro atoms. The first-order chi connectivity index (χ1) is 10.3. The Morgan fingerprint density at radius 3 is 3.14 bits per heavy atom. The van der Waals surface area contributed by atoms with Gasteiger partial charge in [-0.2, -0.15) is 23.5 Å². The summed E-state index contributed by atoms with van der Waals surface area (Å²) < 4.78 is 0. The number of aliphatic hydroxyl groups excluding tert-OH is 1. The van der Waals surface area contributed by atoms with Crippen molar-refractivity contribution in [2.45, 2.75) is 11.7 Å². The van der Waals surface area contributed by atoms with Crippen molar-refractivity contribution in [3.63, 3.8) is 0 Å². The minimum absolute atomic E-state index is 0.0394. The molecule has 0 saturated carbocycles. The number of nitrogens with one attached hydrogen (secondary N) is 1. The fourth-order valence-corrected chi connectivity index (χ4v) is 4.43. The molecule has 1 saturated heterocycles. The molecule has 0 aromatic carbocycles. The molecule has 0 bridgehead atoms. The van der Waals surface area contributed by atoms with E-state index in [9.17, 15) is 4.79 Å². The highest BCUT2D eigenvalue weighted by molar-refractivity contribution is 8.06. The van der Waals surface area contributed by atoms with Crippen LogP contribution < -0.4 is 5.32 Å². The number of aliphatic hydroxyl groups is 1. The molecule has 112 valence electrons. The third kappa shape index (κ3) is 5.62. The summed E-state index contributed by atoms with van der Waals surface area (Å²) in [6, 6.07) is 1.73. The van der Waals surface area contributed by atoms with E-state index in [0.717, 1.165) is 11.5 Å². The highest BCUT2D eigenvalue weighted by Gasteiger charge is 2.15. The number of hydrogen-bond acceptors (Lipinski definition) is 5. The summed E-state index contributed by atoms with van der Waals surface area (Å²) in [7, 11) is 0. The number of carbonyl (C=O) groups is 1. The number of rotatable bonds is 4. The van der Waals surface area contributed by atoms with Crippen LogP contribution in [0.25, 0.3) is 0 Å². The quantitative estimate of drug-likeness (QED) is 0.821. The third-order valence-electron chi connectivity index (χ3n) is 2.85. The van der Waals surface area contributed by atoms with Gasteiger partial charge >= 0.3 is 0 Å². The van der Waals surface area contributed by atoms with Gasteiger partial charge in [0.2, 0.25) is 0 Å². The molecule has 2 heterocycles. The summed E-state index contributed by atoms with van der Waals surface area (Å²) in [5.74, 6) is 9.05. The molecule has 1 atom stereocenters. The third-order valence-corrected chi connectivity index (χ3v) is 5.69. The number of hydrogen-bond donors (Lipinski definition) is 2. The Morgan fingerprint density at radius 1 is 1.48 bits per heavy atom. The summed E-state index contributed by atoms with van der Waals surface area (Å²) in [5, 5.41) is 12.2. The summed E-state index contributed by atoms with van der Waals surface area (Å²) in [5.41, 5.74) is 1.22. The van der Waals surface area contributed by atoms with Crippen molar-refractivity contribution in [1.29, 1.82) is 0 Å². The van der Waals surface area contributed by atoms with Crippen molar-refractivity contribution >= 4 is 29.4 Å². The van der Waals surface area contributed by atoms with E-state index in [2.05, 4.69) is 22.1 Å². The van der Waals surface area contributed by atoms with E-state index in [0.29, 0.717) is 29.3 Å². The summed E-state index contributed by atoms with van der Waals surface area (Å²) in [6.45, 7) is 0.731. The zero-order chi connectivity index (χ0) is 14.9. The molecular formula is C15H18N2O2S2. The van der Waals surface area contributed by atoms with Crippen LogP contribution in [0.1, 0.15) is 22.3 Å². The van der Waals surface area contributed by atoms with E-state index < -0.39 is 0 Å². The predicted molar refractivity (Wildman–Crippen MR) is 88.7 cm³/mol. The predicted octanol–water partition coefficient (Wildman–Crippen LogP) is 1.39. The van der Waals surface area contributed by atoms with E-state index >= 15 is 0 Å². The Labute approximate surface area is 133 Å². The van der Waals surface area contributed by atoms with Crippen LogP contribution in [0.2, 0.25) is 0 Å². The summed E-state index contributed by atoms with van der Waals surface area (Å²) in [4.78, 5) is 16.2. The van der Waals surface area contributed by atoms with Gasteiger partial charge in [0.25, 0.3) is 5.91 Å². The van der Waals surface area contributed by atoms with Gasteiger partial charge in [0.15, 0.2) is 0 Å². The van der Waals surface area contributed by atoms with Crippen molar-refractivity contribution in [3.8, 4) is 11.8 Å². The highest BCUT2D eigenvalue weighted by Crippen LogP contribution is 2.23. The van der Waals surface area contributed by atoms with E-state index in [1.807, 2.05) is 23.5 Å². The Kier molecular flexibility index (Phi) is 6.93. The zero-order valence-electron chi connectivity index (χ0n) is 11.7. The van der Waals surface area contributed by atoms with E-state index in [4.69, 9.17) is 5.11 Å². The Hall–Kier alpha value is -1.16. The molecule has 6 heteroatoms. The lowest BCUT2D eigenvalue weighted by atomic mass is 10.2. The number of amides is 1. The minimum atomic E-state index is -0.107. The smallest absolute Gasteiger partial charge is 0.252 e. The lowest BCUT2D eigenvalue weighted by Gasteiger charge is -2.21. The minimum Gasteiger partial charge on any atom is -0.395 e. The van der Waals surface area contributed by atoms with Crippen LogP contribution in [0.15, 0.2) is 18.5 Å². The van der Waals surface area contributed by atoms with E-state index in [1.54, 1.807) is 18.5 Å². The van der Waals surface area contributed by atoms with Crippen molar-refractivity contribution in [2.24, 2.45) is 0 Å². The zero-order valence-corrected chi connectivity index (χ0v) is 13.3. The summed E-state index contributed by atoms with van der Waals surface area (Å²) in [6.07, 6.45) is 3.59. The van der Waals surface area contributed by atoms with E-state index in [1.165, 1.54) is 5.75 Å². The molecule has 2 N–H and O–H groups in total. The average molecular weight is 322 g/mol. The molecule has 1 aromatic heterocycles. The van der Waals surface area contributed by atoms with Crippen LogP contribution in [0, 0.1) is 11.8 Å².